The Morgan fingerprint density at radius 3 is 2.91 bits per heavy atom. The molecule has 0 aromatic carbocycles. The van der Waals surface area contributed by atoms with Gasteiger partial charge in [0.05, 0.1) is 6.54 Å². The first-order chi connectivity index (χ1) is 11.2. The minimum absolute atomic E-state index is 0.566. The van der Waals surface area contributed by atoms with E-state index in [2.05, 4.69) is 44.1 Å². The van der Waals surface area contributed by atoms with Gasteiger partial charge in [0.1, 0.15) is 0 Å². The molecule has 6 heteroatoms. The van der Waals surface area contributed by atoms with Gasteiger partial charge in [-0.05, 0) is 44.1 Å². The average molecular weight is 315 g/mol. The number of aromatic nitrogens is 3. The van der Waals surface area contributed by atoms with E-state index < -0.39 is 0 Å². The fourth-order valence-electron chi connectivity index (χ4n) is 3.06. The molecule has 0 saturated carbocycles. The largest absolute Gasteiger partial charge is 0.339 e. The Hall–Kier alpha value is -1.79. The summed E-state index contributed by atoms with van der Waals surface area (Å²) in [6.07, 6.45) is 6.81. The molecule has 0 radical (unpaired) electrons. The molecule has 2 aromatic rings. The van der Waals surface area contributed by atoms with E-state index in [-0.39, 0.29) is 0 Å². The summed E-state index contributed by atoms with van der Waals surface area (Å²) >= 11 is 0. The molecular formula is C17H25N5O. The summed E-state index contributed by atoms with van der Waals surface area (Å²) in [6, 6.07) is 4.76. The van der Waals surface area contributed by atoms with Gasteiger partial charge in [-0.25, -0.2) is 0 Å². The molecule has 1 fully saturated rings. The van der Waals surface area contributed by atoms with Gasteiger partial charge in [0.2, 0.25) is 5.89 Å². The predicted octanol–water partition coefficient (Wildman–Crippen LogP) is 1.78. The van der Waals surface area contributed by atoms with Crippen molar-refractivity contribution in [2.24, 2.45) is 0 Å². The van der Waals surface area contributed by atoms with Crippen molar-refractivity contribution in [3.05, 3.63) is 41.8 Å². The van der Waals surface area contributed by atoms with Crippen LogP contribution >= 0.6 is 0 Å². The highest BCUT2D eigenvalue weighted by molar-refractivity contribution is 5.10. The molecule has 0 bridgehead atoms. The monoisotopic (exact) mass is 315 g/mol. The molecule has 0 N–H and O–H groups in total. The van der Waals surface area contributed by atoms with E-state index in [1.54, 1.807) is 0 Å². The number of likely N-dealkylation sites (N-methyl/N-ethyl adjacent to an activating group) is 1. The lowest BCUT2D eigenvalue weighted by Gasteiger charge is -2.23. The third-order valence-corrected chi connectivity index (χ3v) is 4.54. The first-order valence-corrected chi connectivity index (χ1v) is 8.37. The number of pyridine rings is 1. The van der Waals surface area contributed by atoms with Crippen molar-refractivity contribution in [2.75, 3.05) is 26.7 Å². The normalized spacial score (nSPS) is 18.8. The molecule has 124 valence electrons. The lowest BCUT2D eigenvalue weighted by atomic mass is 10.2. The van der Waals surface area contributed by atoms with Gasteiger partial charge < -0.3 is 9.42 Å². The topological polar surface area (TPSA) is 58.3 Å². The zero-order valence-electron chi connectivity index (χ0n) is 14.0. The van der Waals surface area contributed by atoms with E-state index in [1.165, 1.54) is 12.0 Å². The summed E-state index contributed by atoms with van der Waals surface area (Å²) in [5.74, 6) is 1.51. The summed E-state index contributed by atoms with van der Waals surface area (Å²) in [4.78, 5) is 13.3. The van der Waals surface area contributed by atoms with Crippen LogP contribution in [-0.2, 0) is 19.4 Å². The van der Waals surface area contributed by atoms with Gasteiger partial charge in [-0.2, -0.15) is 4.98 Å². The molecular weight excluding hydrogens is 290 g/mol. The van der Waals surface area contributed by atoms with Gasteiger partial charge in [0.15, 0.2) is 5.82 Å². The lowest BCUT2D eigenvalue weighted by molar-refractivity contribution is 0.218. The van der Waals surface area contributed by atoms with E-state index in [0.717, 1.165) is 50.7 Å². The maximum absolute atomic E-state index is 5.18. The van der Waals surface area contributed by atoms with E-state index in [0.29, 0.717) is 6.04 Å². The smallest absolute Gasteiger partial charge is 0.226 e. The van der Waals surface area contributed by atoms with Crippen LogP contribution in [0.25, 0.3) is 0 Å². The molecule has 6 nitrogen and oxygen atoms in total. The molecule has 1 atom stereocenters. The van der Waals surface area contributed by atoms with Crippen LogP contribution in [-0.4, -0.2) is 57.6 Å². The second-order valence-corrected chi connectivity index (χ2v) is 6.22. The van der Waals surface area contributed by atoms with Crippen LogP contribution in [0.4, 0.5) is 0 Å². The molecule has 3 heterocycles. The first kappa shape index (κ1) is 16.1. The summed E-state index contributed by atoms with van der Waals surface area (Å²) < 4.78 is 5.18. The van der Waals surface area contributed by atoms with Crippen LogP contribution in [0.1, 0.15) is 30.6 Å². The molecule has 0 unspecified atom stereocenters. The second kappa shape index (κ2) is 7.66. The molecule has 1 aliphatic rings. The SMILES string of the molecule is CCc1nc(CN(C)[C@@H]2CCN(CCc3ccncc3)C2)no1. The van der Waals surface area contributed by atoms with Crippen molar-refractivity contribution in [2.45, 2.75) is 38.8 Å². The van der Waals surface area contributed by atoms with Crippen LogP contribution in [0.5, 0.6) is 0 Å². The third-order valence-electron chi connectivity index (χ3n) is 4.54. The van der Waals surface area contributed by atoms with Crippen LogP contribution < -0.4 is 0 Å². The summed E-state index contributed by atoms with van der Waals surface area (Å²) in [7, 11) is 2.15. The van der Waals surface area contributed by atoms with E-state index >= 15 is 0 Å². The summed E-state index contributed by atoms with van der Waals surface area (Å²) in [5, 5.41) is 4.05. The third kappa shape index (κ3) is 4.36. The van der Waals surface area contributed by atoms with Crippen molar-refractivity contribution >= 4 is 0 Å². The fourth-order valence-corrected chi connectivity index (χ4v) is 3.06. The molecule has 1 saturated heterocycles. The van der Waals surface area contributed by atoms with Gasteiger partial charge in [-0.15, -0.1) is 0 Å². The number of nitrogens with zero attached hydrogens (tertiary/aromatic N) is 5. The van der Waals surface area contributed by atoms with Crippen LogP contribution in [0.15, 0.2) is 29.0 Å². The van der Waals surface area contributed by atoms with Crippen LogP contribution in [0, 0.1) is 0 Å². The van der Waals surface area contributed by atoms with E-state index in [9.17, 15) is 0 Å². The highest BCUT2D eigenvalue weighted by Crippen LogP contribution is 2.16. The standard InChI is InChI=1S/C17H25N5O/c1-3-17-19-16(20-23-17)13-21(2)15-7-11-22(12-15)10-6-14-4-8-18-9-5-14/h4-5,8-9,15H,3,6-7,10-13H2,1-2H3/t15-/m1/s1. The van der Waals surface area contributed by atoms with Crippen LogP contribution in [0.3, 0.4) is 0 Å². The molecule has 3 rings (SSSR count). The Morgan fingerprint density at radius 1 is 1.35 bits per heavy atom. The molecule has 23 heavy (non-hydrogen) atoms. The van der Waals surface area contributed by atoms with Gasteiger partial charge in [-0.1, -0.05) is 12.1 Å². The van der Waals surface area contributed by atoms with Crippen molar-refractivity contribution in [1.82, 2.24) is 24.9 Å². The zero-order valence-corrected chi connectivity index (χ0v) is 14.0. The first-order valence-electron chi connectivity index (χ1n) is 8.37. The Balaban J connectivity index is 1.45. The summed E-state index contributed by atoms with van der Waals surface area (Å²) in [6.45, 7) is 6.16. The van der Waals surface area contributed by atoms with Crippen molar-refractivity contribution < 1.29 is 4.52 Å². The van der Waals surface area contributed by atoms with Gasteiger partial charge in [0, 0.05) is 37.9 Å². The number of hydrogen-bond donors (Lipinski definition) is 0. The fraction of sp³-hybridized carbons (Fsp3) is 0.588. The second-order valence-electron chi connectivity index (χ2n) is 6.22. The Morgan fingerprint density at radius 2 is 2.17 bits per heavy atom. The molecule has 0 spiro atoms. The molecule has 1 aliphatic heterocycles. The Labute approximate surface area is 137 Å². The minimum Gasteiger partial charge on any atom is -0.339 e. The Bertz CT molecular complexity index is 600. The molecule has 2 aromatic heterocycles. The lowest BCUT2D eigenvalue weighted by Crippen LogP contribution is -2.34. The number of aryl methyl sites for hydroxylation is 1. The highest BCUT2D eigenvalue weighted by atomic mass is 16.5. The maximum Gasteiger partial charge on any atom is 0.226 e. The van der Waals surface area contributed by atoms with Crippen molar-refractivity contribution in [1.29, 1.82) is 0 Å². The predicted molar refractivity (Wildman–Crippen MR) is 87.9 cm³/mol. The van der Waals surface area contributed by atoms with Crippen molar-refractivity contribution in [3.63, 3.8) is 0 Å². The number of likely N-dealkylation sites (tertiary alicyclic amines) is 1. The zero-order chi connectivity index (χ0) is 16.1. The van der Waals surface area contributed by atoms with Crippen molar-refractivity contribution in [3.8, 4) is 0 Å². The maximum atomic E-state index is 5.18. The van der Waals surface area contributed by atoms with E-state index in [1.807, 2.05) is 19.3 Å². The van der Waals surface area contributed by atoms with Gasteiger partial charge >= 0.3 is 0 Å². The quantitative estimate of drug-likeness (QED) is 0.776. The minimum atomic E-state index is 0.566. The average Bonchev–Trinajstić information content (AvgIpc) is 3.23. The summed E-state index contributed by atoms with van der Waals surface area (Å²) in [5.41, 5.74) is 1.36. The highest BCUT2D eigenvalue weighted by Gasteiger charge is 2.26. The van der Waals surface area contributed by atoms with Crippen LogP contribution in [0.2, 0.25) is 0 Å². The molecule has 0 aliphatic carbocycles. The molecule has 0 amide bonds. The van der Waals surface area contributed by atoms with Gasteiger partial charge in [-0.3, -0.25) is 9.88 Å². The van der Waals surface area contributed by atoms with Gasteiger partial charge in [0.25, 0.3) is 0 Å². The number of rotatable bonds is 7. The Kier molecular flexibility index (Phi) is 5.35. The number of hydrogen-bond acceptors (Lipinski definition) is 6. The van der Waals surface area contributed by atoms with E-state index in [4.69, 9.17) is 4.52 Å².